The molecule has 4 saturated carbocycles. The molecule has 9 nitrogen and oxygen atoms in total. The van der Waals surface area contributed by atoms with Gasteiger partial charge in [0.05, 0.1) is 7.11 Å². The van der Waals surface area contributed by atoms with Crippen LogP contribution >= 0.6 is 0 Å². The third-order valence-corrected chi connectivity index (χ3v) is 11.2. The van der Waals surface area contributed by atoms with Crippen LogP contribution in [-0.4, -0.2) is 55.1 Å². The van der Waals surface area contributed by atoms with E-state index in [0.29, 0.717) is 25.7 Å². The summed E-state index contributed by atoms with van der Waals surface area (Å²) in [6, 6.07) is 0. The fourth-order valence-electron chi connectivity index (χ4n) is 9.52. The number of carbonyl (C=O) groups excluding carboxylic acids is 5. The van der Waals surface area contributed by atoms with Crippen LogP contribution in [0.1, 0.15) is 92.9 Å². The van der Waals surface area contributed by atoms with Crippen LogP contribution in [0.4, 0.5) is 0 Å². The predicted molar refractivity (Wildman–Crippen MR) is 143 cm³/mol. The van der Waals surface area contributed by atoms with Crippen LogP contribution in [0, 0.1) is 46.3 Å². The summed E-state index contributed by atoms with van der Waals surface area (Å²) in [5, 5.41) is 0. The van der Waals surface area contributed by atoms with Crippen molar-refractivity contribution in [3.63, 3.8) is 0 Å². The van der Waals surface area contributed by atoms with Crippen LogP contribution in [-0.2, 0) is 42.9 Å². The standard InChI is InChI=1S/C31H46O9/c1-16(8-11-25(35)37-7)22-9-10-23-26-24(39-18(3)33)15-20-14-21(38-17(2)32)12-13-30(20,5)27(26)28(40-19(4)34)29(36)31(22,23)6/h16,20-24,26-28H,8-15H2,1-7H3. The second kappa shape index (κ2) is 11.4. The van der Waals surface area contributed by atoms with Crippen LogP contribution in [0.3, 0.4) is 0 Å². The summed E-state index contributed by atoms with van der Waals surface area (Å²) in [5.74, 6) is -1.93. The molecule has 0 spiro atoms. The minimum absolute atomic E-state index is 0.00289. The zero-order valence-corrected chi connectivity index (χ0v) is 25.0. The molecule has 0 saturated heterocycles. The molecule has 4 fully saturated rings. The van der Waals surface area contributed by atoms with Gasteiger partial charge < -0.3 is 18.9 Å². The Morgan fingerprint density at radius 2 is 1.57 bits per heavy atom. The van der Waals surface area contributed by atoms with Crippen LogP contribution in [0.5, 0.6) is 0 Å². The van der Waals surface area contributed by atoms with Crippen LogP contribution in [0.15, 0.2) is 0 Å². The maximum absolute atomic E-state index is 14.6. The first-order chi connectivity index (χ1) is 18.7. The van der Waals surface area contributed by atoms with Gasteiger partial charge >= 0.3 is 23.9 Å². The molecule has 40 heavy (non-hydrogen) atoms. The molecule has 9 heteroatoms. The van der Waals surface area contributed by atoms with E-state index in [2.05, 4.69) is 13.8 Å². The van der Waals surface area contributed by atoms with Crippen LogP contribution < -0.4 is 0 Å². The van der Waals surface area contributed by atoms with Crippen molar-refractivity contribution in [1.82, 2.24) is 0 Å². The highest BCUT2D eigenvalue weighted by Gasteiger charge is 2.71. The first-order valence-corrected chi connectivity index (χ1v) is 14.9. The number of hydrogen-bond donors (Lipinski definition) is 0. The smallest absolute Gasteiger partial charge is 0.305 e. The van der Waals surface area contributed by atoms with Gasteiger partial charge in [-0.05, 0) is 74.0 Å². The lowest BCUT2D eigenvalue weighted by molar-refractivity contribution is -0.224. The Kier molecular flexibility index (Phi) is 8.72. The quantitative estimate of drug-likeness (QED) is 0.328. The minimum atomic E-state index is -0.951. The van der Waals surface area contributed by atoms with Gasteiger partial charge in [0.2, 0.25) is 0 Å². The van der Waals surface area contributed by atoms with Gasteiger partial charge in [-0.15, -0.1) is 0 Å². The Bertz CT molecular complexity index is 1040. The molecular formula is C31H46O9. The normalized spacial score (nSPS) is 41.0. The van der Waals surface area contributed by atoms with E-state index in [1.807, 2.05) is 6.92 Å². The maximum atomic E-state index is 14.6. The summed E-state index contributed by atoms with van der Waals surface area (Å²) in [6.07, 6.45) is 3.51. The number of ketones is 1. The summed E-state index contributed by atoms with van der Waals surface area (Å²) < 4.78 is 22.4. The fourth-order valence-corrected chi connectivity index (χ4v) is 9.52. The number of fused-ring (bicyclic) bond motifs is 5. The molecule has 0 amide bonds. The molecule has 4 rings (SSSR count). The van der Waals surface area contributed by atoms with E-state index in [4.69, 9.17) is 18.9 Å². The highest BCUT2D eigenvalue weighted by molar-refractivity contribution is 5.92. The Labute approximate surface area is 237 Å². The summed E-state index contributed by atoms with van der Waals surface area (Å²) in [4.78, 5) is 63.1. The molecule has 0 aromatic carbocycles. The van der Waals surface area contributed by atoms with E-state index in [-0.39, 0.29) is 77.1 Å². The van der Waals surface area contributed by atoms with Crippen LogP contribution in [0.2, 0.25) is 0 Å². The molecule has 0 heterocycles. The lowest BCUT2D eigenvalue weighted by Crippen LogP contribution is -2.67. The van der Waals surface area contributed by atoms with E-state index < -0.39 is 23.6 Å². The molecular weight excluding hydrogens is 516 g/mol. The van der Waals surface area contributed by atoms with Gasteiger partial charge in [-0.3, -0.25) is 24.0 Å². The van der Waals surface area contributed by atoms with Gasteiger partial charge in [-0.1, -0.05) is 20.8 Å². The molecule has 4 aliphatic carbocycles. The van der Waals surface area contributed by atoms with E-state index in [1.54, 1.807) is 0 Å². The minimum Gasteiger partial charge on any atom is -0.469 e. The van der Waals surface area contributed by atoms with Crippen molar-refractivity contribution in [1.29, 1.82) is 0 Å². The molecule has 0 radical (unpaired) electrons. The summed E-state index contributed by atoms with van der Waals surface area (Å²) in [5.41, 5.74) is -1.14. The molecule has 11 unspecified atom stereocenters. The van der Waals surface area contributed by atoms with Crippen molar-refractivity contribution in [3.8, 4) is 0 Å². The lowest BCUT2D eigenvalue weighted by atomic mass is 9.42. The number of hydrogen-bond acceptors (Lipinski definition) is 9. The van der Waals surface area contributed by atoms with Gasteiger partial charge in [0.1, 0.15) is 12.2 Å². The number of methoxy groups -OCH3 is 1. The lowest BCUT2D eigenvalue weighted by Gasteiger charge is -2.63. The van der Waals surface area contributed by atoms with E-state index in [9.17, 15) is 24.0 Å². The molecule has 11 atom stereocenters. The molecule has 0 aliphatic heterocycles. The average Bonchev–Trinajstić information content (AvgIpc) is 3.22. The van der Waals surface area contributed by atoms with E-state index >= 15 is 0 Å². The molecule has 0 aromatic heterocycles. The first kappa shape index (κ1) is 30.5. The van der Waals surface area contributed by atoms with Gasteiger partial charge in [-0.25, -0.2) is 0 Å². The average molecular weight is 563 g/mol. The Hall–Kier alpha value is -2.45. The van der Waals surface area contributed by atoms with Gasteiger partial charge in [0.15, 0.2) is 11.9 Å². The fraction of sp³-hybridized carbons (Fsp3) is 0.839. The van der Waals surface area contributed by atoms with E-state index in [0.717, 1.165) is 19.3 Å². The maximum Gasteiger partial charge on any atom is 0.305 e. The Morgan fingerprint density at radius 3 is 2.17 bits per heavy atom. The van der Waals surface area contributed by atoms with E-state index in [1.165, 1.54) is 27.9 Å². The second-order valence-corrected chi connectivity index (χ2v) is 13.3. The topological polar surface area (TPSA) is 122 Å². The van der Waals surface area contributed by atoms with Gasteiger partial charge in [-0.2, -0.15) is 0 Å². The number of carbonyl (C=O) groups is 5. The van der Waals surface area contributed by atoms with Crippen molar-refractivity contribution in [3.05, 3.63) is 0 Å². The summed E-state index contributed by atoms with van der Waals surface area (Å²) in [6.45, 7) is 10.4. The zero-order chi connectivity index (χ0) is 29.6. The van der Waals surface area contributed by atoms with Gasteiger partial charge in [0, 0.05) is 44.4 Å². The highest BCUT2D eigenvalue weighted by atomic mass is 16.6. The highest BCUT2D eigenvalue weighted by Crippen LogP contribution is 2.68. The second-order valence-electron chi connectivity index (χ2n) is 13.3. The summed E-state index contributed by atoms with van der Waals surface area (Å²) in [7, 11) is 1.38. The molecule has 0 aromatic rings. The van der Waals surface area contributed by atoms with Crippen molar-refractivity contribution >= 4 is 29.7 Å². The van der Waals surface area contributed by atoms with Crippen molar-refractivity contribution in [2.24, 2.45) is 46.3 Å². The zero-order valence-electron chi connectivity index (χ0n) is 25.0. The molecule has 0 N–H and O–H groups in total. The molecule has 0 bridgehead atoms. The third-order valence-electron chi connectivity index (χ3n) is 11.2. The summed E-state index contributed by atoms with van der Waals surface area (Å²) >= 11 is 0. The number of esters is 4. The van der Waals surface area contributed by atoms with Crippen LogP contribution in [0.25, 0.3) is 0 Å². The van der Waals surface area contributed by atoms with Crippen molar-refractivity contribution < 1.29 is 42.9 Å². The van der Waals surface area contributed by atoms with Crippen molar-refractivity contribution in [2.75, 3.05) is 7.11 Å². The monoisotopic (exact) mass is 562 g/mol. The number of rotatable bonds is 7. The predicted octanol–water partition coefficient (Wildman–Crippen LogP) is 4.43. The Balaban J connectivity index is 1.76. The SMILES string of the molecule is COC(=O)CCC(C)C1CCC2C3C(OC(C)=O)CC4CC(OC(C)=O)CCC4(C)C3C(OC(C)=O)C(=O)C12C. The molecule has 224 valence electrons. The number of ether oxygens (including phenoxy) is 4. The first-order valence-electron chi connectivity index (χ1n) is 14.9. The van der Waals surface area contributed by atoms with Gasteiger partial charge in [0.25, 0.3) is 0 Å². The molecule has 4 aliphatic rings. The number of Topliss-reactive ketones (excluding diaryl/α,β-unsaturated/α-hetero) is 1. The Morgan fingerprint density at radius 1 is 0.925 bits per heavy atom. The largest absolute Gasteiger partial charge is 0.469 e. The van der Waals surface area contributed by atoms with Crippen molar-refractivity contribution in [2.45, 2.75) is 111 Å². The third kappa shape index (κ3) is 5.29.